The van der Waals surface area contributed by atoms with Crippen molar-refractivity contribution in [1.82, 2.24) is 0 Å². The molecule has 2 rings (SSSR count). The summed E-state index contributed by atoms with van der Waals surface area (Å²) in [6.45, 7) is 3.85. The molecule has 0 saturated carbocycles. The van der Waals surface area contributed by atoms with Gasteiger partial charge in [0, 0.05) is 0 Å². The number of aliphatic carboxylic acids is 1. The molecule has 1 aliphatic carbocycles. The van der Waals surface area contributed by atoms with Crippen molar-refractivity contribution in [3.8, 4) is 0 Å². The minimum Gasteiger partial charge on any atom is -0.479 e. The molecule has 0 radical (unpaired) electrons. The Morgan fingerprint density at radius 1 is 1.44 bits per heavy atom. The third kappa shape index (κ3) is 2.18. The number of rotatable bonds is 4. The first-order valence-electron chi connectivity index (χ1n) is 6.27. The van der Waals surface area contributed by atoms with Crippen molar-refractivity contribution >= 4 is 5.97 Å². The van der Waals surface area contributed by atoms with Crippen molar-refractivity contribution in [3.63, 3.8) is 0 Å². The maximum absolute atomic E-state index is 11.7. The summed E-state index contributed by atoms with van der Waals surface area (Å²) in [5.74, 6) is -0.904. The van der Waals surface area contributed by atoms with E-state index >= 15 is 0 Å². The van der Waals surface area contributed by atoms with Gasteiger partial charge >= 0.3 is 5.97 Å². The van der Waals surface area contributed by atoms with Crippen LogP contribution in [0.25, 0.3) is 0 Å². The molecule has 3 nitrogen and oxygen atoms in total. The summed E-state index contributed by atoms with van der Waals surface area (Å²) in [7, 11) is 0. The highest BCUT2D eigenvalue weighted by Gasteiger charge is 2.43. The lowest BCUT2D eigenvalue weighted by atomic mass is 9.87. The number of carboxylic acids is 1. The molecule has 0 heterocycles. The number of hydrogen-bond donors (Lipinski definition) is 1. The van der Waals surface area contributed by atoms with Gasteiger partial charge in [-0.05, 0) is 36.8 Å². The van der Waals surface area contributed by atoms with Crippen molar-refractivity contribution < 1.29 is 14.6 Å². The van der Waals surface area contributed by atoms with Crippen molar-refractivity contribution in [1.29, 1.82) is 0 Å². The van der Waals surface area contributed by atoms with E-state index in [4.69, 9.17) is 4.74 Å². The van der Waals surface area contributed by atoms with E-state index in [2.05, 4.69) is 6.58 Å². The Bertz CT molecular complexity index is 453. The first-order chi connectivity index (χ1) is 8.70. The van der Waals surface area contributed by atoms with Gasteiger partial charge in [0.15, 0.2) is 5.60 Å². The lowest BCUT2D eigenvalue weighted by Gasteiger charge is -2.30. The number of ether oxygens (including phenoxy) is 1. The van der Waals surface area contributed by atoms with Gasteiger partial charge < -0.3 is 9.84 Å². The summed E-state index contributed by atoms with van der Waals surface area (Å²) in [5, 5.41) is 9.63. The highest BCUT2D eigenvalue weighted by atomic mass is 16.5. The van der Waals surface area contributed by atoms with Gasteiger partial charge in [-0.2, -0.15) is 0 Å². The van der Waals surface area contributed by atoms with Crippen LogP contribution in [0.1, 0.15) is 30.4 Å². The molecule has 0 spiro atoms. The minimum absolute atomic E-state index is 0.251. The molecule has 0 aromatic heterocycles. The van der Waals surface area contributed by atoms with E-state index in [-0.39, 0.29) is 6.61 Å². The van der Waals surface area contributed by atoms with E-state index in [1.807, 2.05) is 24.3 Å². The second-order valence-corrected chi connectivity index (χ2v) is 4.60. The average Bonchev–Trinajstić information content (AvgIpc) is 2.57. The van der Waals surface area contributed by atoms with E-state index in [1.54, 1.807) is 6.08 Å². The maximum atomic E-state index is 11.7. The fourth-order valence-electron chi connectivity index (χ4n) is 2.59. The van der Waals surface area contributed by atoms with Crippen LogP contribution in [-0.2, 0) is 21.6 Å². The van der Waals surface area contributed by atoms with Gasteiger partial charge in [-0.3, -0.25) is 0 Å². The smallest absolute Gasteiger partial charge is 0.340 e. The molecule has 1 atom stereocenters. The van der Waals surface area contributed by atoms with Gasteiger partial charge in [-0.15, -0.1) is 6.58 Å². The largest absolute Gasteiger partial charge is 0.479 e. The van der Waals surface area contributed by atoms with Crippen LogP contribution < -0.4 is 0 Å². The molecule has 0 fully saturated rings. The molecule has 3 heteroatoms. The van der Waals surface area contributed by atoms with Crippen LogP contribution in [0, 0.1) is 0 Å². The van der Waals surface area contributed by atoms with Gasteiger partial charge in [0.05, 0.1) is 6.61 Å². The van der Waals surface area contributed by atoms with Crippen LogP contribution in [-0.4, -0.2) is 17.7 Å². The number of fused-ring (bicyclic) bond motifs is 1. The standard InChI is InChI=1S/C15H18O3/c1-2-11-18-15(14(16)17)10-6-5-8-12-7-3-4-9-13(12)15/h2-4,7,9H,1,5-6,8,10-11H2,(H,16,17). The molecule has 1 aliphatic rings. The Labute approximate surface area is 107 Å². The molecule has 1 unspecified atom stereocenters. The molecule has 0 aliphatic heterocycles. The number of benzene rings is 1. The summed E-state index contributed by atoms with van der Waals surface area (Å²) in [6, 6.07) is 7.69. The number of hydrogen-bond acceptors (Lipinski definition) is 2. The monoisotopic (exact) mass is 246 g/mol. The Morgan fingerprint density at radius 2 is 2.22 bits per heavy atom. The topological polar surface area (TPSA) is 46.5 Å². The lowest BCUT2D eigenvalue weighted by molar-refractivity contribution is -0.167. The van der Waals surface area contributed by atoms with Gasteiger partial charge in [0.1, 0.15) is 0 Å². The van der Waals surface area contributed by atoms with E-state index in [9.17, 15) is 9.90 Å². The van der Waals surface area contributed by atoms with Crippen LogP contribution in [0.2, 0.25) is 0 Å². The highest BCUT2D eigenvalue weighted by Crippen LogP contribution is 2.37. The van der Waals surface area contributed by atoms with Crippen LogP contribution in [0.3, 0.4) is 0 Å². The molecule has 18 heavy (non-hydrogen) atoms. The number of carboxylic acid groups (broad SMARTS) is 1. The minimum atomic E-state index is -1.21. The summed E-state index contributed by atoms with van der Waals surface area (Å²) < 4.78 is 5.67. The SMILES string of the molecule is C=CCOC1(C(=O)O)CCCCc2ccccc21. The van der Waals surface area contributed by atoms with Crippen LogP contribution >= 0.6 is 0 Å². The van der Waals surface area contributed by atoms with Gasteiger partial charge in [0.25, 0.3) is 0 Å². The molecule has 0 bridgehead atoms. The maximum Gasteiger partial charge on any atom is 0.340 e. The van der Waals surface area contributed by atoms with Crippen LogP contribution in [0.5, 0.6) is 0 Å². The zero-order chi connectivity index (χ0) is 13.0. The summed E-state index contributed by atoms with van der Waals surface area (Å²) >= 11 is 0. The first kappa shape index (κ1) is 12.8. The molecule has 96 valence electrons. The Hall–Kier alpha value is -1.61. The number of aryl methyl sites for hydroxylation is 1. The van der Waals surface area contributed by atoms with Gasteiger partial charge in [-0.1, -0.05) is 30.3 Å². The van der Waals surface area contributed by atoms with E-state index < -0.39 is 11.6 Å². The van der Waals surface area contributed by atoms with Crippen LogP contribution in [0.15, 0.2) is 36.9 Å². The number of carbonyl (C=O) groups is 1. The Kier molecular flexibility index (Phi) is 3.82. The lowest BCUT2D eigenvalue weighted by Crippen LogP contribution is -2.39. The van der Waals surface area contributed by atoms with Crippen molar-refractivity contribution in [2.45, 2.75) is 31.3 Å². The van der Waals surface area contributed by atoms with Crippen molar-refractivity contribution in [2.75, 3.05) is 6.61 Å². The van der Waals surface area contributed by atoms with Gasteiger partial charge in [0.2, 0.25) is 0 Å². The molecule has 1 aromatic rings. The third-order valence-corrected chi connectivity index (χ3v) is 3.47. The Morgan fingerprint density at radius 3 is 2.94 bits per heavy atom. The highest BCUT2D eigenvalue weighted by molar-refractivity contribution is 5.80. The molecular weight excluding hydrogens is 228 g/mol. The summed E-state index contributed by atoms with van der Waals surface area (Å²) in [4.78, 5) is 11.7. The van der Waals surface area contributed by atoms with Crippen molar-refractivity contribution in [3.05, 3.63) is 48.0 Å². The third-order valence-electron chi connectivity index (χ3n) is 3.47. The summed E-state index contributed by atoms with van der Waals surface area (Å²) in [6.07, 6.45) is 4.90. The molecule has 1 N–H and O–H groups in total. The molecule has 0 amide bonds. The molecule has 1 aromatic carbocycles. The predicted molar refractivity (Wildman–Crippen MR) is 69.5 cm³/mol. The fourth-order valence-corrected chi connectivity index (χ4v) is 2.59. The Balaban J connectivity index is 2.50. The predicted octanol–water partition coefficient (Wildman–Crippen LogP) is 2.90. The van der Waals surface area contributed by atoms with E-state index in [1.165, 1.54) is 0 Å². The average molecular weight is 246 g/mol. The zero-order valence-electron chi connectivity index (χ0n) is 10.4. The second-order valence-electron chi connectivity index (χ2n) is 4.60. The summed E-state index contributed by atoms with van der Waals surface area (Å²) in [5.41, 5.74) is 0.680. The van der Waals surface area contributed by atoms with E-state index in [0.29, 0.717) is 6.42 Å². The quantitative estimate of drug-likeness (QED) is 0.656. The van der Waals surface area contributed by atoms with E-state index in [0.717, 1.165) is 30.4 Å². The molecule has 0 saturated heterocycles. The molecular formula is C15H18O3. The zero-order valence-corrected chi connectivity index (χ0v) is 10.4. The fraction of sp³-hybridized carbons (Fsp3) is 0.400. The first-order valence-corrected chi connectivity index (χ1v) is 6.27. The van der Waals surface area contributed by atoms with Gasteiger partial charge in [-0.25, -0.2) is 4.79 Å². The normalized spacial score (nSPS) is 22.9. The van der Waals surface area contributed by atoms with Crippen molar-refractivity contribution in [2.24, 2.45) is 0 Å². The van der Waals surface area contributed by atoms with Crippen LogP contribution in [0.4, 0.5) is 0 Å². The second kappa shape index (κ2) is 5.36.